The monoisotopic (exact) mass is 264 g/mol. The largest absolute Gasteiger partial charge is 0.480 e. The average Bonchev–Trinajstić information content (AvgIpc) is 2.66. The molecule has 0 bridgehead atoms. The molecule has 1 aromatic carbocycles. The summed E-state index contributed by atoms with van der Waals surface area (Å²) < 4.78 is 4.86. The molecule has 2 N–H and O–H groups in total. The summed E-state index contributed by atoms with van der Waals surface area (Å²) in [6, 6.07) is 4.60. The fraction of sp³-hybridized carbons (Fsp3) is 0.250. The van der Waals surface area contributed by atoms with Crippen LogP contribution in [0.5, 0.6) is 0 Å². The number of likely N-dealkylation sites (N-methyl/N-ethyl adjacent to an activating group) is 1. The summed E-state index contributed by atoms with van der Waals surface area (Å²) in [7, 11) is 1.54. The number of carbonyl (C=O) groups is 2. The lowest BCUT2D eigenvalue weighted by Crippen LogP contribution is -2.30. The number of Topliss-reactive ketones (excluding diaryl/α,β-unsaturated/α-hetero) is 1. The number of carboxylic acids is 1. The molecule has 2 aromatic rings. The van der Waals surface area contributed by atoms with E-state index in [2.05, 4.69) is 4.98 Å². The van der Waals surface area contributed by atoms with Crippen LogP contribution >= 0.6 is 0 Å². The molecule has 0 fully saturated rings. The van der Waals surface area contributed by atoms with Crippen molar-refractivity contribution in [3.05, 3.63) is 34.3 Å². The quantitative estimate of drug-likeness (QED) is 0.754. The number of hydrogen-bond acceptors (Lipinski definition) is 5. The first-order valence-corrected chi connectivity index (χ1v) is 5.52. The summed E-state index contributed by atoms with van der Waals surface area (Å²) in [5.41, 5.74) is 1.18. The Bertz CT molecular complexity index is 685. The number of aromatic nitrogens is 1. The molecular weight excluding hydrogens is 252 g/mol. The molecule has 0 aliphatic rings. The molecule has 0 unspecified atom stereocenters. The van der Waals surface area contributed by atoms with Gasteiger partial charge in [0.05, 0.1) is 18.6 Å². The van der Waals surface area contributed by atoms with Gasteiger partial charge in [-0.1, -0.05) is 0 Å². The minimum atomic E-state index is -0.998. The van der Waals surface area contributed by atoms with Crippen molar-refractivity contribution in [2.24, 2.45) is 0 Å². The van der Waals surface area contributed by atoms with E-state index in [1.54, 1.807) is 19.2 Å². The Kier molecular flexibility index (Phi) is 3.48. The number of aromatic amines is 1. The van der Waals surface area contributed by atoms with E-state index in [4.69, 9.17) is 9.52 Å². The standard InChI is InChI=1S/C12H12N2O5/c1-14(6-11(16)17)5-9(15)7-2-3-8-10(4-7)19-12(18)13-8/h2-4H,5-6H2,1H3,(H,13,18)(H,16,17). The molecule has 7 nitrogen and oxygen atoms in total. The highest BCUT2D eigenvalue weighted by molar-refractivity contribution is 6.00. The van der Waals surface area contributed by atoms with E-state index in [-0.39, 0.29) is 18.9 Å². The lowest BCUT2D eigenvalue weighted by Gasteiger charge is -2.12. The van der Waals surface area contributed by atoms with Crippen LogP contribution in [0.1, 0.15) is 10.4 Å². The van der Waals surface area contributed by atoms with Crippen LogP contribution in [0.25, 0.3) is 11.1 Å². The molecule has 0 aliphatic carbocycles. The summed E-state index contributed by atoms with van der Waals surface area (Å²) in [5.74, 6) is -1.82. The maximum Gasteiger partial charge on any atom is 0.417 e. The molecule has 0 radical (unpaired) electrons. The van der Waals surface area contributed by atoms with Crippen LogP contribution in [0.4, 0.5) is 0 Å². The number of oxazole rings is 1. The fourth-order valence-corrected chi connectivity index (χ4v) is 1.74. The number of nitrogens with one attached hydrogen (secondary N) is 1. The van der Waals surface area contributed by atoms with E-state index >= 15 is 0 Å². The molecular formula is C12H12N2O5. The third-order valence-corrected chi connectivity index (χ3v) is 2.56. The van der Waals surface area contributed by atoms with Crippen LogP contribution in [0.15, 0.2) is 27.4 Å². The predicted octanol–water partition coefficient (Wildman–Crippen LogP) is 0.320. The van der Waals surface area contributed by atoms with Gasteiger partial charge in [-0.3, -0.25) is 19.5 Å². The number of H-pyrrole nitrogens is 1. The Balaban J connectivity index is 2.16. The van der Waals surface area contributed by atoms with E-state index in [9.17, 15) is 14.4 Å². The van der Waals surface area contributed by atoms with Gasteiger partial charge in [-0.05, 0) is 25.2 Å². The number of rotatable bonds is 5. The topological polar surface area (TPSA) is 104 Å². The molecule has 1 aromatic heterocycles. The van der Waals surface area contributed by atoms with Gasteiger partial charge in [-0.25, -0.2) is 4.79 Å². The Morgan fingerprint density at radius 2 is 2.11 bits per heavy atom. The molecule has 0 aliphatic heterocycles. The second-order valence-corrected chi connectivity index (χ2v) is 4.21. The Morgan fingerprint density at radius 1 is 1.37 bits per heavy atom. The van der Waals surface area contributed by atoms with Gasteiger partial charge in [0.25, 0.3) is 0 Å². The van der Waals surface area contributed by atoms with E-state index in [0.29, 0.717) is 16.7 Å². The molecule has 1 heterocycles. The van der Waals surface area contributed by atoms with Gasteiger partial charge in [0.2, 0.25) is 0 Å². The number of carbonyl (C=O) groups excluding carboxylic acids is 1. The van der Waals surface area contributed by atoms with Crippen molar-refractivity contribution < 1.29 is 19.1 Å². The zero-order chi connectivity index (χ0) is 14.0. The second-order valence-electron chi connectivity index (χ2n) is 4.21. The van der Waals surface area contributed by atoms with Crippen molar-refractivity contribution in [2.45, 2.75) is 0 Å². The van der Waals surface area contributed by atoms with Crippen LogP contribution in [0.2, 0.25) is 0 Å². The van der Waals surface area contributed by atoms with Crippen molar-refractivity contribution in [2.75, 3.05) is 20.1 Å². The zero-order valence-corrected chi connectivity index (χ0v) is 10.2. The van der Waals surface area contributed by atoms with Gasteiger partial charge in [0.1, 0.15) is 0 Å². The third kappa shape index (κ3) is 3.08. The summed E-state index contributed by atoms with van der Waals surface area (Å²) in [6.45, 7) is -0.236. The Labute approximate surface area is 107 Å². The molecule has 0 saturated heterocycles. The SMILES string of the molecule is CN(CC(=O)O)CC(=O)c1ccc2[nH]c(=O)oc2c1. The van der Waals surface area contributed by atoms with Crippen molar-refractivity contribution in [1.29, 1.82) is 0 Å². The van der Waals surface area contributed by atoms with Crippen molar-refractivity contribution in [3.63, 3.8) is 0 Å². The Hall–Kier alpha value is -2.41. The maximum atomic E-state index is 11.9. The van der Waals surface area contributed by atoms with E-state index in [1.807, 2.05) is 0 Å². The van der Waals surface area contributed by atoms with Crippen molar-refractivity contribution in [3.8, 4) is 0 Å². The van der Waals surface area contributed by atoms with E-state index in [1.165, 1.54) is 11.0 Å². The van der Waals surface area contributed by atoms with Gasteiger partial charge in [0, 0.05) is 5.56 Å². The molecule has 2 rings (SSSR count). The van der Waals surface area contributed by atoms with Gasteiger partial charge in [0.15, 0.2) is 11.4 Å². The second kappa shape index (κ2) is 5.07. The molecule has 0 atom stereocenters. The number of hydrogen-bond donors (Lipinski definition) is 2. The van der Waals surface area contributed by atoms with Gasteiger partial charge >= 0.3 is 11.7 Å². The van der Waals surface area contributed by atoms with Gasteiger partial charge < -0.3 is 9.52 Å². The summed E-state index contributed by atoms with van der Waals surface area (Å²) >= 11 is 0. The predicted molar refractivity (Wildman–Crippen MR) is 66.3 cm³/mol. The number of benzene rings is 1. The normalized spacial score (nSPS) is 11.1. The summed E-state index contributed by atoms with van der Waals surface area (Å²) in [4.78, 5) is 37.3. The number of ketones is 1. The van der Waals surface area contributed by atoms with Crippen LogP contribution in [0.3, 0.4) is 0 Å². The van der Waals surface area contributed by atoms with Gasteiger partial charge in [-0.2, -0.15) is 0 Å². The number of aliphatic carboxylic acids is 1. The molecule has 19 heavy (non-hydrogen) atoms. The number of nitrogens with zero attached hydrogens (tertiary/aromatic N) is 1. The maximum absolute atomic E-state index is 11.9. The smallest absolute Gasteiger partial charge is 0.417 e. The summed E-state index contributed by atoms with van der Waals surface area (Å²) in [6.07, 6.45) is 0. The molecule has 0 saturated carbocycles. The van der Waals surface area contributed by atoms with E-state index in [0.717, 1.165) is 0 Å². The minimum Gasteiger partial charge on any atom is -0.480 e. The van der Waals surface area contributed by atoms with Crippen LogP contribution < -0.4 is 5.76 Å². The summed E-state index contributed by atoms with van der Waals surface area (Å²) in [5, 5.41) is 8.60. The minimum absolute atomic E-state index is 0.0214. The first-order valence-electron chi connectivity index (χ1n) is 5.52. The molecule has 0 amide bonds. The highest BCUT2D eigenvalue weighted by Gasteiger charge is 2.13. The number of carboxylic acid groups (broad SMARTS) is 1. The van der Waals surface area contributed by atoms with E-state index < -0.39 is 11.7 Å². The lowest BCUT2D eigenvalue weighted by molar-refractivity contribution is -0.137. The first-order chi connectivity index (χ1) is 8.95. The molecule has 7 heteroatoms. The van der Waals surface area contributed by atoms with Crippen LogP contribution in [-0.4, -0.2) is 46.9 Å². The van der Waals surface area contributed by atoms with Crippen molar-refractivity contribution in [1.82, 2.24) is 9.88 Å². The molecule has 0 spiro atoms. The average molecular weight is 264 g/mol. The van der Waals surface area contributed by atoms with Crippen LogP contribution in [-0.2, 0) is 4.79 Å². The van der Waals surface area contributed by atoms with Crippen molar-refractivity contribution >= 4 is 22.9 Å². The van der Waals surface area contributed by atoms with Gasteiger partial charge in [-0.15, -0.1) is 0 Å². The first kappa shape index (κ1) is 13.0. The van der Waals surface area contributed by atoms with Crippen LogP contribution in [0, 0.1) is 0 Å². The zero-order valence-electron chi connectivity index (χ0n) is 10.2. The number of fused-ring (bicyclic) bond motifs is 1. The highest BCUT2D eigenvalue weighted by atomic mass is 16.4. The lowest BCUT2D eigenvalue weighted by atomic mass is 10.1. The fourth-order valence-electron chi connectivity index (χ4n) is 1.74. The third-order valence-electron chi connectivity index (χ3n) is 2.56. The molecule has 100 valence electrons. The Morgan fingerprint density at radius 3 is 2.79 bits per heavy atom. The highest BCUT2D eigenvalue weighted by Crippen LogP contribution is 2.13.